The molecule has 4 aromatic rings. The summed E-state index contributed by atoms with van der Waals surface area (Å²) in [7, 11) is 0. The van der Waals surface area contributed by atoms with Crippen molar-refractivity contribution < 1.29 is 14.3 Å². The fourth-order valence-electron chi connectivity index (χ4n) is 4.46. The molecule has 1 fully saturated rings. The molecule has 2 aromatic carbocycles. The molecule has 218 valence electrons. The number of pyridine rings is 1. The molecule has 2 amide bonds. The maximum atomic E-state index is 13.1. The number of nitrogens with zero attached hydrogens (tertiary/aromatic N) is 3. The SMILES string of the molecule is O=C(NCc1cccc(Cl)c1)c1ccc(Cl)c(NC(=O)c2cc3cnc(NCCCN4CCOCC4)nc3[nH]c2=O)c1. The number of halogens is 2. The minimum atomic E-state index is -0.693. The van der Waals surface area contributed by atoms with E-state index in [1.54, 1.807) is 24.3 Å². The van der Waals surface area contributed by atoms with Gasteiger partial charge in [-0.1, -0.05) is 35.3 Å². The summed E-state index contributed by atoms with van der Waals surface area (Å²) in [5.74, 6) is -0.676. The van der Waals surface area contributed by atoms with Crippen molar-refractivity contribution in [3.8, 4) is 0 Å². The van der Waals surface area contributed by atoms with E-state index in [1.165, 1.54) is 24.4 Å². The van der Waals surface area contributed by atoms with Gasteiger partial charge in [0, 0.05) is 48.3 Å². The fourth-order valence-corrected chi connectivity index (χ4v) is 4.84. The second kappa shape index (κ2) is 13.8. The molecular formula is C29H29Cl2N7O4. The van der Waals surface area contributed by atoms with Gasteiger partial charge in [-0.25, -0.2) is 4.98 Å². The number of rotatable bonds is 10. The van der Waals surface area contributed by atoms with Gasteiger partial charge in [0.1, 0.15) is 11.2 Å². The molecule has 1 aliphatic rings. The molecule has 4 N–H and O–H groups in total. The summed E-state index contributed by atoms with van der Waals surface area (Å²) in [6, 6.07) is 13.1. The summed E-state index contributed by atoms with van der Waals surface area (Å²) in [4.78, 5) is 52.3. The monoisotopic (exact) mass is 609 g/mol. The molecule has 1 aliphatic heterocycles. The number of aromatic nitrogens is 3. The third-order valence-corrected chi connectivity index (χ3v) is 7.26. The smallest absolute Gasteiger partial charge is 0.262 e. The summed E-state index contributed by atoms with van der Waals surface area (Å²) in [6.45, 7) is 5.27. The van der Waals surface area contributed by atoms with E-state index in [2.05, 4.69) is 35.8 Å². The Kier molecular flexibility index (Phi) is 9.65. The average Bonchev–Trinajstić information content (AvgIpc) is 2.99. The predicted molar refractivity (Wildman–Crippen MR) is 163 cm³/mol. The Hall–Kier alpha value is -4.03. The molecule has 0 aliphatic carbocycles. The molecule has 13 heteroatoms. The van der Waals surface area contributed by atoms with E-state index in [0.29, 0.717) is 28.5 Å². The van der Waals surface area contributed by atoms with Crippen LogP contribution in [0.15, 0.2) is 59.5 Å². The summed E-state index contributed by atoms with van der Waals surface area (Å²) < 4.78 is 5.37. The Labute approximate surface area is 251 Å². The summed E-state index contributed by atoms with van der Waals surface area (Å²) in [6.07, 6.45) is 2.45. The Morgan fingerprint density at radius 3 is 2.69 bits per heavy atom. The number of nitrogens with one attached hydrogen (secondary N) is 4. The molecule has 1 saturated heterocycles. The van der Waals surface area contributed by atoms with Crippen LogP contribution in [0, 0.1) is 0 Å². The number of fused-ring (bicyclic) bond motifs is 1. The van der Waals surface area contributed by atoms with E-state index in [9.17, 15) is 14.4 Å². The lowest BCUT2D eigenvalue weighted by atomic mass is 10.1. The van der Waals surface area contributed by atoms with Gasteiger partial charge in [-0.05, 0) is 54.9 Å². The van der Waals surface area contributed by atoms with E-state index in [-0.39, 0.29) is 34.3 Å². The van der Waals surface area contributed by atoms with Crippen LogP contribution in [0.25, 0.3) is 11.0 Å². The highest BCUT2D eigenvalue weighted by Crippen LogP contribution is 2.24. The van der Waals surface area contributed by atoms with Gasteiger partial charge in [-0.2, -0.15) is 4.98 Å². The van der Waals surface area contributed by atoms with Crippen LogP contribution in [0.1, 0.15) is 32.7 Å². The number of morpholine rings is 1. The van der Waals surface area contributed by atoms with E-state index < -0.39 is 11.5 Å². The number of ether oxygens (including phenoxy) is 1. The minimum Gasteiger partial charge on any atom is -0.379 e. The molecule has 0 saturated carbocycles. The van der Waals surface area contributed by atoms with Crippen LogP contribution in [0.4, 0.5) is 11.6 Å². The molecule has 0 bridgehead atoms. The summed E-state index contributed by atoms with van der Waals surface area (Å²) in [5.41, 5.74) is 0.836. The Balaban J connectivity index is 1.21. The molecule has 42 heavy (non-hydrogen) atoms. The number of amides is 2. The highest BCUT2D eigenvalue weighted by molar-refractivity contribution is 6.34. The first-order valence-electron chi connectivity index (χ1n) is 13.4. The first-order chi connectivity index (χ1) is 20.4. The second-order valence-corrected chi connectivity index (χ2v) is 10.5. The van der Waals surface area contributed by atoms with Gasteiger partial charge in [0.25, 0.3) is 17.4 Å². The van der Waals surface area contributed by atoms with E-state index in [4.69, 9.17) is 27.9 Å². The molecule has 11 nitrogen and oxygen atoms in total. The maximum absolute atomic E-state index is 13.1. The van der Waals surface area contributed by atoms with Crippen LogP contribution < -0.4 is 21.5 Å². The lowest BCUT2D eigenvalue weighted by molar-refractivity contribution is 0.0378. The zero-order valence-electron chi connectivity index (χ0n) is 22.6. The summed E-state index contributed by atoms with van der Waals surface area (Å²) in [5, 5.41) is 9.87. The van der Waals surface area contributed by atoms with Crippen LogP contribution in [-0.2, 0) is 11.3 Å². The Morgan fingerprint density at radius 1 is 1.05 bits per heavy atom. The topological polar surface area (TPSA) is 141 Å². The van der Waals surface area contributed by atoms with Crippen LogP contribution >= 0.6 is 23.2 Å². The van der Waals surface area contributed by atoms with Gasteiger partial charge in [0.15, 0.2) is 0 Å². The number of benzene rings is 2. The van der Waals surface area contributed by atoms with Crippen molar-refractivity contribution >= 4 is 57.7 Å². The summed E-state index contributed by atoms with van der Waals surface area (Å²) >= 11 is 12.3. The fraction of sp³-hybridized carbons (Fsp3) is 0.276. The van der Waals surface area contributed by atoms with Crippen LogP contribution in [-0.4, -0.2) is 71.1 Å². The van der Waals surface area contributed by atoms with Gasteiger partial charge in [0.05, 0.1) is 23.9 Å². The minimum absolute atomic E-state index is 0.149. The van der Waals surface area contributed by atoms with Crippen LogP contribution in [0.5, 0.6) is 0 Å². The third kappa shape index (κ3) is 7.62. The number of hydrogen-bond acceptors (Lipinski definition) is 8. The zero-order valence-corrected chi connectivity index (χ0v) is 24.1. The van der Waals surface area contributed by atoms with Crippen molar-refractivity contribution in [1.29, 1.82) is 0 Å². The van der Waals surface area contributed by atoms with E-state index >= 15 is 0 Å². The van der Waals surface area contributed by atoms with Crippen molar-refractivity contribution in [3.63, 3.8) is 0 Å². The average molecular weight is 611 g/mol. The van der Waals surface area contributed by atoms with Crippen LogP contribution in [0.2, 0.25) is 10.0 Å². The number of H-pyrrole nitrogens is 1. The van der Waals surface area contributed by atoms with Crippen molar-refractivity contribution in [3.05, 3.63) is 91.8 Å². The number of aromatic amines is 1. The lowest BCUT2D eigenvalue weighted by Crippen LogP contribution is -2.37. The molecule has 3 heterocycles. The molecule has 2 aromatic heterocycles. The molecular weight excluding hydrogens is 581 g/mol. The van der Waals surface area contributed by atoms with Crippen molar-refractivity contribution in [2.45, 2.75) is 13.0 Å². The highest BCUT2D eigenvalue weighted by atomic mass is 35.5. The van der Waals surface area contributed by atoms with Gasteiger partial charge in [-0.3, -0.25) is 19.3 Å². The number of carbonyl (C=O) groups excluding carboxylic acids is 2. The molecule has 0 atom stereocenters. The molecule has 5 rings (SSSR count). The van der Waals surface area contributed by atoms with Crippen molar-refractivity contribution in [2.75, 3.05) is 50.0 Å². The quantitative estimate of drug-likeness (QED) is 0.198. The van der Waals surface area contributed by atoms with Gasteiger partial charge in [-0.15, -0.1) is 0 Å². The standard InChI is InChI=1S/C29H29Cl2N7O4/c30-21-4-1-3-18(13-21)16-33-26(39)19-5-6-23(31)24(15-19)35-27(40)22-14-20-17-34-29(37-25(20)36-28(22)41)32-7-2-8-38-9-11-42-12-10-38/h1,3-6,13-15,17H,2,7-12,16H2,(H,33,39)(H,35,40)(H2,32,34,36,37,41). The Bertz CT molecular complexity index is 1660. The predicted octanol–water partition coefficient (Wildman–Crippen LogP) is 3.94. The number of carbonyl (C=O) groups is 2. The van der Waals surface area contributed by atoms with E-state index in [0.717, 1.165) is 44.8 Å². The first-order valence-corrected chi connectivity index (χ1v) is 14.2. The van der Waals surface area contributed by atoms with Crippen molar-refractivity contribution in [1.82, 2.24) is 25.2 Å². The third-order valence-electron chi connectivity index (χ3n) is 6.69. The number of anilines is 2. The lowest BCUT2D eigenvalue weighted by Gasteiger charge is -2.26. The van der Waals surface area contributed by atoms with Gasteiger partial charge >= 0.3 is 0 Å². The molecule has 0 spiro atoms. The molecule has 0 unspecified atom stereocenters. The number of hydrogen-bond donors (Lipinski definition) is 4. The van der Waals surface area contributed by atoms with Crippen molar-refractivity contribution in [2.24, 2.45) is 0 Å². The highest BCUT2D eigenvalue weighted by Gasteiger charge is 2.17. The second-order valence-electron chi connectivity index (χ2n) is 9.71. The van der Waals surface area contributed by atoms with Gasteiger partial charge in [0.2, 0.25) is 5.95 Å². The largest absolute Gasteiger partial charge is 0.379 e. The normalized spacial score (nSPS) is 13.6. The Morgan fingerprint density at radius 2 is 1.88 bits per heavy atom. The zero-order chi connectivity index (χ0) is 29.5. The van der Waals surface area contributed by atoms with Crippen LogP contribution in [0.3, 0.4) is 0 Å². The molecule has 0 radical (unpaired) electrons. The first kappa shape index (κ1) is 29.5. The van der Waals surface area contributed by atoms with E-state index in [1.807, 2.05) is 6.07 Å². The maximum Gasteiger partial charge on any atom is 0.262 e. The van der Waals surface area contributed by atoms with Gasteiger partial charge < -0.3 is 25.7 Å².